The number of unbranched alkanes of at least 4 members (excludes halogenated alkanes) is 2. The van der Waals surface area contributed by atoms with Crippen LogP contribution in [0.1, 0.15) is 181 Å². The third-order valence-corrected chi connectivity index (χ3v) is 20.2. The summed E-state index contributed by atoms with van der Waals surface area (Å²) in [6, 6.07) is 25.7. The highest BCUT2D eigenvalue weighted by molar-refractivity contribution is 5.81. The minimum absolute atomic E-state index is 0.00234. The van der Waals surface area contributed by atoms with Crippen LogP contribution >= 0.6 is 0 Å². The lowest BCUT2D eigenvalue weighted by Gasteiger charge is -2.58. The van der Waals surface area contributed by atoms with Crippen LogP contribution in [0.15, 0.2) is 90.5 Å². The summed E-state index contributed by atoms with van der Waals surface area (Å²) in [5.74, 6) is 5.08. The summed E-state index contributed by atoms with van der Waals surface area (Å²) in [7, 11) is 3.27. The molecule has 3 aromatic carbocycles. The number of alkyl carbamates (subject to hydrolysis) is 1. The summed E-state index contributed by atoms with van der Waals surface area (Å²) in [6.45, 7) is 17.6. The number of rotatable bonds is 26. The molecule has 5 aliphatic rings. The van der Waals surface area contributed by atoms with Crippen LogP contribution in [0.25, 0.3) is 0 Å². The van der Waals surface area contributed by atoms with E-state index in [0.717, 1.165) is 90.7 Å². The molecule has 4 fully saturated rings. The van der Waals surface area contributed by atoms with Crippen molar-refractivity contribution in [2.75, 3.05) is 40.5 Å². The standard InChI is InChI=1S/C68H97N3O9/c1-10-48(5)70-62(72)35-36-64(74)80-61-44-71(43-49(61)45-78-68(50-20-13-11-14-21-50,51-23-28-54(76-8)29-24-51)52-25-30-55(77-9)31-26-52)63(73)22-15-12-16-41-69-65(75)79-56-37-39-66(6)53(42-56)27-32-57-59-34-33-58(47(4)19-17-18-46(2)3)67(59,7)40-38-60(57)66/h11,13-14,20-21,23-31,46-49,56-61H,10,12,15-19,22,32-45H2,1-9H3,(H,69,75)(H,70,72)/t47?,48-,49?,56?,57?,58?,59?,60?,61?,66?,67?/m0/s1. The monoisotopic (exact) mass is 1100 g/mol. The van der Waals surface area contributed by atoms with Crippen LogP contribution < -0.4 is 20.1 Å². The molecule has 2 N–H and O–H groups in total. The van der Waals surface area contributed by atoms with Gasteiger partial charge in [0.05, 0.1) is 33.8 Å². The van der Waals surface area contributed by atoms with Crippen LogP contribution in [0.4, 0.5) is 4.79 Å². The summed E-state index contributed by atoms with van der Waals surface area (Å²) < 4.78 is 30.7. The van der Waals surface area contributed by atoms with Crippen molar-refractivity contribution in [3.8, 4) is 11.5 Å². The molecule has 11 atom stereocenters. The Balaban J connectivity index is 0.840. The van der Waals surface area contributed by atoms with Crippen LogP contribution in [0.3, 0.4) is 0 Å². The maximum absolute atomic E-state index is 14.0. The Morgan fingerprint density at radius 2 is 1.41 bits per heavy atom. The first kappa shape index (κ1) is 60.7. The van der Waals surface area contributed by atoms with E-state index in [4.69, 9.17) is 23.7 Å². The van der Waals surface area contributed by atoms with E-state index < -0.39 is 17.7 Å². The fourth-order valence-electron chi connectivity index (χ4n) is 15.4. The number of nitrogens with zero attached hydrogens (tertiary/aromatic N) is 1. The Hall–Kier alpha value is -5.36. The van der Waals surface area contributed by atoms with E-state index in [9.17, 15) is 19.2 Å². The molecule has 438 valence electrons. The number of benzene rings is 3. The zero-order valence-corrected chi connectivity index (χ0v) is 50.0. The summed E-state index contributed by atoms with van der Waals surface area (Å²) in [5.41, 5.74) is 3.70. The van der Waals surface area contributed by atoms with Crippen molar-refractivity contribution in [3.05, 3.63) is 107 Å². The van der Waals surface area contributed by atoms with Gasteiger partial charge >= 0.3 is 12.1 Å². The predicted octanol–water partition coefficient (Wildman–Crippen LogP) is 13.8. The van der Waals surface area contributed by atoms with Crippen molar-refractivity contribution in [1.29, 1.82) is 0 Å². The lowest BCUT2D eigenvalue weighted by molar-refractivity contribution is -0.153. The van der Waals surface area contributed by atoms with Crippen LogP contribution in [-0.4, -0.2) is 87.5 Å². The minimum Gasteiger partial charge on any atom is -0.497 e. The van der Waals surface area contributed by atoms with Crippen LogP contribution in [0, 0.1) is 52.3 Å². The topological polar surface area (TPSA) is 142 Å². The SMILES string of the molecule is CC[C@H](C)NC(=O)CCC(=O)OC1CN(C(=O)CCCCCNC(=O)OC2CCC3(C)C(=CCC4C3CCC3(C)C(C(C)CCCC(C)C)CCC43)C2)CC1COC(c1ccccc1)(c1ccc(OC)cc1)c1ccc(OC)cc1. The van der Waals surface area contributed by atoms with Crippen LogP contribution in [-0.2, 0) is 34.2 Å². The van der Waals surface area contributed by atoms with E-state index >= 15 is 0 Å². The molecule has 3 saturated carbocycles. The van der Waals surface area contributed by atoms with Gasteiger partial charge in [-0.1, -0.05) is 133 Å². The van der Waals surface area contributed by atoms with Crippen molar-refractivity contribution in [2.24, 2.45) is 52.3 Å². The first-order valence-electron chi connectivity index (χ1n) is 30.9. The summed E-state index contributed by atoms with van der Waals surface area (Å²) >= 11 is 0. The minimum atomic E-state index is -1.11. The molecule has 12 nitrogen and oxygen atoms in total. The molecule has 1 heterocycles. The van der Waals surface area contributed by atoms with Gasteiger partial charge in [0.1, 0.15) is 29.3 Å². The van der Waals surface area contributed by atoms with Gasteiger partial charge in [-0.05, 0) is 158 Å². The molecule has 4 aliphatic carbocycles. The number of nitrogens with one attached hydrogen (secondary N) is 2. The lowest BCUT2D eigenvalue weighted by atomic mass is 9.47. The number of ether oxygens (including phenoxy) is 5. The molecule has 3 aromatic rings. The smallest absolute Gasteiger partial charge is 0.407 e. The molecule has 10 unspecified atom stereocenters. The molecule has 0 spiro atoms. The molecule has 3 amide bonds. The van der Waals surface area contributed by atoms with Gasteiger partial charge in [0.2, 0.25) is 11.8 Å². The van der Waals surface area contributed by atoms with E-state index in [0.29, 0.717) is 42.8 Å². The Morgan fingerprint density at radius 1 is 0.725 bits per heavy atom. The third-order valence-electron chi connectivity index (χ3n) is 20.2. The summed E-state index contributed by atoms with van der Waals surface area (Å²) in [5, 5.41) is 5.94. The van der Waals surface area contributed by atoms with Crippen LogP contribution in [0.2, 0.25) is 0 Å². The molecule has 0 aromatic heterocycles. The summed E-state index contributed by atoms with van der Waals surface area (Å²) in [6.07, 6.45) is 18.2. The Morgan fingerprint density at radius 3 is 2.08 bits per heavy atom. The Labute approximate surface area is 479 Å². The van der Waals surface area contributed by atoms with Crippen LogP contribution in [0.5, 0.6) is 11.5 Å². The second kappa shape index (κ2) is 27.6. The van der Waals surface area contributed by atoms with Gasteiger partial charge in [-0.25, -0.2) is 4.79 Å². The highest BCUT2D eigenvalue weighted by Gasteiger charge is 2.59. The normalized spacial score (nSPS) is 26.9. The number of likely N-dealkylation sites (tertiary alicyclic amines) is 1. The van der Waals surface area contributed by atoms with Gasteiger partial charge in [0.15, 0.2) is 0 Å². The van der Waals surface area contributed by atoms with E-state index in [-0.39, 0.29) is 67.4 Å². The zero-order chi connectivity index (χ0) is 57.0. The average Bonchev–Trinajstić information content (AvgIpc) is 4.19. The van der Waals surface area contributed by atoms with Crippen molar-refractivity contribution in [1.82, 2.24) is 15.5 Å². The third kappa shape index (κ3) is 14.1. The number of allylic oxidation sites excluding steroid dienone is 1. The largest absolute Gasteiger partial charge is 0.497 e. The number of methoxy groups -OCH3 is 2. The molecule has 1 aliphatic heterocycles. The highest BCUT2D eigenvalue weighted by atomic mass is 16.6. The average molecular weight is 1100 g/mol. The highest BCUT2D eigenvalue weighted by Crippen LogP contribution is 2.67. The number of hydrogen-bond donors (Lipinski definition) is 2. The molecule has 80 heavy (non-hydrogen) atoms. The van der Waals surface area contributed by atoms with E-state index in [1.165, 1.54) is 56.9 Å². The number of fused-ring (bicyclic) bond motifs is 5. The molecule has 0 radical (unpaired) electrons. The lowest BCUT2D eigenvalue weighted by Crippen LogP contribution is -2.51. The molecule has 12 heteroatoms. The van der Waals surface area contributed by atoms with E-state index in [1.807, 2.05) is 92.7 Å². The number of hydrogen-bond acceptors (Lipinski definition) is 9. The van der Waals surface area contributed by atoms with Crippen molar-refractivity contribution >= 4 is 23.9 Å². The van der Waals surface area contributed by atoms with Gasteiger partial charge in [0.25, 0.3) is 0 Å². The maximum Gasteiger partial charge on any atom is 0.407 e. The predicted molar refractivity (Wildman–Crippen MR) is 315 cm³/mol. The molecule has 0 bridgehead atoms. The Bertz CT molecular complexity index is 2480. The quantitative estimate of drug-likeness (QED) is 0.0348. The first-order valence-corrected chi connectivity index (χ1v) is 30.9. The van der Waals surface area contributed by atoms with Gasteiger partial charge in [-0.15, -0.1) is 0 Å². The maximum atomic E-state index is 14.0. The second-order valence-corrected chi connectivity index (χ2v) is 25.6. The zero-order valence-electron chi connectivity index (χ0n) is 50.0. The molecule has 8 rings (SSSR count). The van der Waals surface area contributed by atoms with Gasteiger partial charge < -0.3 is 39.2 Å². The first-order chi connectivity index (χ1) is 38.5. The summed E-state index contributed by atoms with van der Waals surface area (Å²) in [4.78, 5) is 55.2. The number of amides is 3. The van der Waals surface area contributed by atoms with Gasteiger partial charge in [-0.3, -0.25) is 14.4 Å². The number of carbonyl (C=O) groups excluding carboxylic acids is 4. The fourth-order valence-corrected chi connectivity index (χ4v) is 15.4. The number of carbonyl (C=O) groups is 4. The number of esters is 1. The van der Waals surface area contributed by atoms with Crippen molar-refractivity contribution in [2.45, 2.75) is 188 Å². The molecular weight excluding hydrogens is 1000 g/mol. The van der Waals surface area contributed by atoms with Crippen molar-refractivity contribution in [3.63, 3.8) is 0 Å². The second-order valence-electron chi connectivity index (χ2n) is 25.6. The molecule has 1 saturated heterocycles. The molecular formula is C68H97N3O9. The van der Waals surface area contributed by atoms with Crippen molar-refractivity contribution < 1.29 is 42.9 Å². The fraction of sp³-hybridized carbons (Fsp3) is 0.647. The Kier molecular flexibility index (Phi) is 21.0. The van der Waals surface area contributed by atoms with Gasteiger partial charge in [-0.2, -0.15) is 0 Å². The van der Waals surface area contributed by atoms with Gasteiger partial charge in [0, 0.05) is 44.3 Å². The van der Waals surface area contributed by atoms with E-state index in [2.05, 4.69) is 51.3 Å². The van der Waals surface area contributed by atoms with E-state index in [1.54, 1.807) is 19.1 Å².